The van der Waals surface area contributed by atoms with Gasteiger partial charge in [0.05, 0.1) is 0 Å². The number of cyclic esters (lactones) is 1. The largest absolute Gasteiger partial charge is 0.463 e. The van der Waals surface area contributed by atoms with Gasteiger partial charge in [-0.2, -0.15) is 0 Å². The lowest BCUT2D eigenvalue weighted by Crippen LogP contribution is -2.35. The average molecular weight is 241 g/mol. The molecule has 2 aliphatic heterocycles. The van der Waals surface area contributed by atoms with Gasteiger partial charge in [0.1, 0.15) is 6.61 Å². The Kier molecular flexibility index (Phi) is 2.54. The minimum absolute atomic E-state index is 0.00575. The molecule has 3 nitrogen and oxygen atoms in total. The number of carbonyl (C=O) groups excluding carboxylic acids is 1. The molecule has 0 aliphatic carbocycles. The Morgan fingerprint density at radius 3 is 2.89 bits per heavy atom. The second-order valence-electron chi connectivity index (χ2n) is 4.79. The zero-order valence-corrected chi connectivity index (χ0v) is 10.1. The van der Waals surface area contributed by atoms with E-state index in [9.17, 15) is 4.79 Å². The fraction of sp³-hybridized carbons (Fsp3) is 0.333. The molecule has 1 fully saturated rings. The van der Waals surface area contributed by atoms with Crippen LogP contribution in [0.1, 0.15) is 18.4 Å². The second kappa shape index (κ2) is 4.09. The van der Waals surface area contributed by atoms with Crippen LogP contribution in [0.3, 0.4) is 0 Å². The summed E-state index contributed by atoms with van der Waals surface area (Å²) >= 11 is 0. The highest BCUT2D eigenvalue weighted by atomic mass is 16.5. The maximum Gasteiger partial charge on any atom is 0.334 e. The highest BCUT2D eigenvalue weighted by Gasteiger charge is 2.53. The van der Waals surface area contributed by atoms with Crippen LogP contribution in [0, 0.1) is 5.92 Å². The monoisotopic (exact) mass is 241 g/mol. The molecule has 0 unspecified atom stereocenters. The molecule has 1 aromatic rings. The van der Waals surface area contributed by atoms with Crippen LogP contribution in [0.5, 0.6) is 0 Å². The van der Waals surface area contributed by atoms with Crippen molar-refractivity contribution in [2.45, 2.75) is 18.4 Å². The number of esters is 1. The third kappa shape index (κ3) is 1.50. The number of aliphatic imine (C=N–C) groups is 1. The first-order valence-electron chi connectivity index (χ1n) is 6.20. The van der Waals surface area contributed by atoms with Crippen LogP contribution in [0.2, 0.25) is 0 Å². The first-order valence-corrected chi connectivity index (χ1v) is 6.20. The molecule has 0 aromatic heterocycles. The molecular weight excluding hydrogens is 226 g/mol. The van der Waals surface area contributed by atoms with E-state index in [2.05, 4.69) is 6.58 Å². The molecule has 2 aliphatic rings. The molecule has 3 heteroatoms. The molecule has 18 heavy (non-hydrogen) atoms. The molecule has 2 atom stereocenters. The number of nitrogens with zero attached hydrogens (tertiary/aromatic N) is 1. The first-order chi connectivity index (χ1) is 8.76. The molecule has 0 amide bonds. The molecule has 0 radical (unpaired) electrons. The fourth-order valence-corrected chi connectivity index (χ4v) is 2.76. The normalized spacial score (nSPS) is 30.3. The summed E-state index contributed by atoms with van der Waals surface area (Å²) in [5.41, 5.74) is 1.39. The minimum atomic E-state index is -0.701. The van der Waals surface area contributed by atoms with Gasteiger partial charge >= 0.3 is 5.97 Å². The van der Waals surface area contributed by atoms with Crippen molar-refractivity contribution < 1.29 is 9.53 Å². The smallest absolute Gasteiger partial charge is 0.334 e. The average Bonchev–Trinajstić information content (AvgIpc) is 2.98. The predicted molar refractivity (Wildman–Crippen MR) is 69.6 cm³/mol. The Bertz CT molecular complexity index is 521. The van der Waals surface area contributed by atoms with Gasteiger partial charge in [-0.15, -0.1) is 6.58 Å². The van der Waals surface area contributed by atoms with Crippen LogP contribution in [0.15, 0.2) is 48.0 Å². The van der Waals surface area contributed by atoms with Crippen molar-refractivity contribution in [3.05, 3.63) is 48.6 Å². The topological polar surface area (TPSA) is 38.7 Å². The summed E-state index contributed by atoms with van der Waals surface area (Å²) in [5.74, 6) is -0.190. The van der Waals surface area contributed by atoms with Gasteiger partial charge in [0.25, 0.3) is 0 Å². The summed E-state index contributed by atoms with van der Waals surface area (Å²) in [7, 11) is 0. The third-order valence-corrected chi connectivity index (χ3v) is 3.83. The van der Waals surface area contributed by atoms with Crippen LogP contribution in [-0.2, 0) is 9.53 Å². The zero-order chi connectivity index (χ0) is 12.6. The zero-order valence-electron chi connectivity index (χ0n) is 10.1. The Morgan fingerprint density at radius 1 is 1.39 bits per heavy atom. The lowest BCUT2D eigenvalue weighted by atomic mass is 9.85. The number of rotatable bonds is 2. The van der Waals surface area contributed by atoms with E-state index in [-0.39, 0.29) is 11.9 Å². The van der Waals surface area contributed by atoms with E-state index in [4.69, 9.17) is 9.73 Å². The molecule has 0 bridgehead atoms. The molecule has 1 aromatic carbocycles. The standard InChI is InChI=1S/C15H15NO2/c1-2-12-10-18-14(17)15(12)9-8-13(16-15)11-6-4-3-5-7-11/h2-7,12H,1,8-10H2/t12-,15-/m0/s1. The number of hydrogen-bond donors (Lipinski definition) is 0. The Labute approximate surface area is 106 Å². The minimum Gasteiger partial charge on any atom is -0.463 e. The summed E-state index contributed by atoms with van der Waals surface area (Å²) in [6.45, 7) is 4.20. The van der Waals surface area contributed by atoms with Crippen LogP contribution in [-0.4, -0.2) is 23.8 Å². The third-order valence-electron chi connectivity index (χ3n) is 3.83. The van der Waals surface area contributed by atoms with Crippen molar-refractivity contribution in [1.29, 1.82) is 0 Å². The highest BCUT2D eigenvalue weighted by molar-refractivity contribution is 6.05. The molecule has 1 spiro atoms. The van der Waals surface area contributed by atoms with Crippen molar-refractivity contribution in [3.63, 3.8) is 0 Å². The summed E-state index contributed by atoms with van der Waals surface area (Å²) in [4.78, 5) is 16.7. The Morgan fingerprint density at radius 2 is 2.17 bits per heavy atom. The van der Waals surface area contributed by atoms with E-state index in [1.807, 2.05) is 30.3 Å². The van der Waals surface area contributed by atoms with Crippen molar-refractivity contribution in [2.24, 2.45) is 10.9 Å². The van der Waals surface area contributed by atoms with E-state index in [0.717, 1.165) is 24.1 Å². The number of carbonyl (C=O) groups is 1. The lowest BCUT2D eigenvalue weighted by molar-refractivity contribution is -0.142. The van der Waals surface area contributed by atoms with Gasteiger partial charge in [0, 0.05) is 11.6 Å². The van der Waals surface area contributed by atoms with Crippen LogP contribution < -0.4 is 0 Å². The van der Waals surface area contributed by atoms with Crippen LogP contribution in [0.4, 0.5) is 0 Å². The lowest BCUT2D eigenvalue weighted by Gasteiger charge is -2.19. The van der Waals surface area contributed by atoms with Gasteiger partial charge in [0.2, 0.25) is 0 Å². The summed E-state index contributed by atoms with van der Waals surface area (Å²) in [6, 6.07) is 10.0. The van der Waals surface area contributed by atoms with Crippen molar-refractivity contribution in [2.75, 3.05) is 6.61 Å². The summed E-state index contributed by atoms with van der Waals surface area (Å²) in [5, 5.41) is 0. The van der Waals surface area contributed by atoms with Gasteiger partial charge in [-0.3, -0.25) is 4.99 Å². The molecule has 3 rings (SSSR count). The SMILES string of the molecule is C=C[C@H]1COC(=O)[C@]12CCC(c1ccccc1)=N2. The van der Waals surface area contributed by atoms with Gasteiger partial charge < -0.3 is 4.74 Å². The van der Waals surface area contributed by atoms with Crippen LogP contribution >= 0.6 is 0 Å². The second-order valence-corrected chi connectivity index (χ2v) is 4.79. The van der Waals surface area contributed by atoms with E-state index in [0.29, 0.717) is 6.61 Å². The van der Waals surface area contributed by atoms with E-state index in [1.165, 1.54) is 0 Å². The van der Waals surface area contributed by atoms with Gasteiger partial charge in [-0.25, -0.2) is 4.79 Å². The van der Waals surface area contributed by atoms with Gasteiger partial charge in [-0.1, -0.05) is 36.4 Å². The van der Waals surface area contributed by atoms with E-state index < -0.39 is 5.54 Å². The predicted octanol–water partition coefficient (Wildman–Crippen LogP) is 2.37. The molecule has 0 N–H and O–H groups in total. The number of hydrogen-bond acceptors (Lipinski definition) is 3. The van der Waals surface area contributed by atoms with Gasteiger partial charge in [-0.05, 0) is 18.4 Å². The quantitative estimate of drug-likeness (QED) is 0.589. The number of ether oxygens (including phenoxy) is 1. The summed E-state index contributed by atoms with van der Waals surface area (Å²) < 4.78 is 5.16. The maximum atomic E-state index is 12.0. The maximum absolute atomic E-state index is 12.0. The van der Waals surface area contributed by atoms with E-state index >= 15 is 0 Å². The molecular formula is C15H15NO2. The number of benzene rings is 1. The van der Waals surface area contributed by atoms with E-state index in [1.54, 1.807) is 6.08 Å². The summed E-state index contributed by atoms with van der Waals surface area (Å²) in [6.07, 6.45) is 3.35. The Balaban J connectivity index is 2.00. The Hall–Kier alpha value is -1.90. The first kappa shape index (κ1) is 11.2. The van der Waals surface area contributed by atoms with Gasteiger partial charge in [0.15, 0.2) is 5.54 Å². The van der Waals surface area contributed by atoms with Crippen LogP contribution in [0.25, 0.3) is 0 Å². The molecule has 1 saturated heterocycles. The molecule has 0 saturated carbocycles. The molecule has 2 heterocycles. The molecule has 92 valence electrons. The highest BCUT2D eigenvalue weighted by Crippen LogP contribution is 2.40. The van der Waals surface area contributed by atoms with Crippen molar-refractivity contribution in [1.82, 2.24) is 0 Å². The van der Waals surface area contributed by atoms with Crippen molar-refractivity contribution in [3.8, 4) is 0 Å². The van der Waals surface area contributed by atoms with Crippen molar-refractivity contribution >= 4 is 11.7 Å². The fourth-order valence-electron chi connectivity index (χ4n) is 2.76.